The first-order valence-electron chi connectivity index (χ1n) is 6.74. The van der Waals surface area contributed by atoms with E-state index in [1.807, 2.05) is 0 Å². The summed E-state index contributed by atoms with van der Waals surface area (Å²) in [6, 6.07) is 4.85. The minimum Gasteiger partial charge on any atom is -0.492 e. The molecular formula is C15H21BrO3. The molecule has 1 rings (SSSR count). The molecule has 106 valence electrons. The van der Waals surface area contributed by atoms with E-state index in [0.29, 0.717) is 18.3 Å². The van der Waals surface area contributed by atoms with Crippen molar-refractivity contribution in [3.63, 3.8) is 0 Å². The summed E-state index contributed by atoms with van der Waals surface area (Å²) >= 11 is 3.39. The summed E-state index contributed by atoms with van der Waals surface area (Å²) < 4.78 is 6.56. The van der Waals surface area contributed by atoms with Gasteiger partial charge in [0.05, 0.1) is 16.6 Å². The lowest BCUT2D eigenvalue weighted by Crippen LogP contribution is -2.12. The number of carbonyl (C=O) groups is 1. The van der Waals surface area contributed by atoms with Crippen LogP contribution in [-0.2, 0) is 0 Å². The second-order valence-electron chi connectivity index (χ2n) is 4.68. The van der Waals surface area contributed by atoms with Crippen LogP contribution in [-0.4, -0.2) is 17.7 Å². The van der Waals surface area contributed by atoms with Gasteiger partial charge in [0.2, 0.25) is 0 Å². The molecule has 0 radical (unpaired) electrons. The standard InChI is InChI=1S/C15H21BrO3/c1-3-5-6-11(4-2)10-19-14-9-12(15(17)18)7-8-13(14)16/h7-9,11H,3-6,10H2,1-2H3,(H,17,18). The third kappa shape index (κ3) is 5.23. The van der Waals surface area contributed by atoms with Gasteiger partial charge in [-0.15, -0.1) is 0 Å². The van der Waals surface area contributed by atoms with Gasteiger partial charge in [-0.1, -0.05) is 33.1 Å². The van der Waals surface area contributed by atoms with E-state index < -0.39 is 5.97 Å². The average Bonchev–Trinajstić information content (AvgIpc) is 2.40. The first kappa shape index (κ1) is 16.0. The fourth-order valence-corrected chi connectivity index (χ4v) is 2.21. The van der Waals surface area contributed by atoms with E-state index in [4.69, 9.17) is 9.84 Å². The molecule has 0 saturated heterocycles. The van der Waals surface area contributed by atoms with Crippen molar-refractivity contribution >= 4 is 21.9 Å². The van der Waals surface area contributed by atoms with E-state index in [-0.39, 0.29) is 5.56 Å². The van der Waals surface area contributed by atoms with E-state index in [9.17, 15) is 4.79 Å². The molecule has 0 bridgehead atoms. The van der Waals surface area contributed by atoms with E-state index in [2.05, 4.69) is 29.8 Å². The number of hydrogen-bond acceptors (Lipinski definition) is 2. The van der Waals surface area contributed by atoms with E-state index in [0.717, 1.165) is 17.3 Å². The molecule has 0 spiro atoms. The lowest BCUT2D eigenvalue weighted by Gasteiger charge is -2.16. The molecule has 0 saturated carbocycles. The van der Waals surface area contributed by atoms with Gasteiger partial charge in [0, 0.05) is 0 Å². The van der Waals surface area contributed by atoms with Crippen LogP contribution in [0.5, 0.6) is 5.75 Å². The van der Waals surface area contributed by atoms with Crippen LogP contribution in [0.2, 0.25) is 0 Å². The molecule has 4 heteroatoms. The van der Waals surface area contributed by atoms with Gasteiger partial charge < -0.3 is 9.84 Å². The van der Waals surface area contributed by atoms with Crippen molar-refractivity contribution in [2.45, 2.75) is 39.5 Å². The minimum atomic E-state index is -0.935. The monoisotopic (exact) mass is 328 g/mol. The summed E-state index contributed by atoms with van der Waals surface area (Å²) in [5, 5.41) is 8.97. The zero-order valence-electron chi connectivity index (χ0n) is 11.5. The second-order valence-corrected chi connectivity index (χ2v) is 5.53. The van der Waals surface area contributed by atoms with Crippen molar-refractivity contribution < 1.29 is 14.6 Å². The van der Waals surface area contributed by atoms with Gasteiger partial charge in [0.1, 0.15) is 5.75 Å². The third-order valence-corrected chi connectivity index (χ3v) is 3.85. The Morgan fingerprint density at radius 1 is 1.42 bits per heavy atom. The molecule has 0 aromatic heterocycles. The van der Waals surface area contributed by atoms with Crippen molar-refractivity contribution in [3.05, 3.63) is 28.2 Å². The van der Waals surface area contributed by atoms with Crippen molar-refractivity contribution in [1.82, 2.24) is 0 Å². The maximum Gasteiger partial charge on any atom is 0.335 e. The number of carboxylic acids is 1. The smallest absolute Gasteiger partial charge is 0.335 e. The quantitative estimate of drug-likeness (QED) is 0.749. The molecule has 3 nitrogen and oxygen atoms in total. The van der Waals surface area contributed by atoms with Crippen molar-refractivity contribution in [2.24, 2.45) is 5.92 Å². The maximum atomic E-state index is 10.9. The summed E-state index contributed by atoms with van der Waals surface area (Å²) in [6.07, 6.45) is 4.63. The van der Waals surface area contributed by atoms with Gasteiger partial charge in [-0.2, -0.15) is 0 Å². The van der Waals surface area contributed by atoms with Crippen LogP contribution in [0.15, 0.2) is 22.7 Å². The van der Waals surface area contributed by atoms with Crippen LogP contribution in [0, 0.1) is 5.92 Å². The number of ether oxygens (including phenoxy) is 1. The fourth-order valence-electron chi connectivity index (χ4n) is 1.85. The predicted octanol–water partition coefficient (Wildman–Crippen LogP) is 4.74. The highest BCUT2D eigenvalue weighted by atomic mass is 79.9. The molecule has 1 atom stereocenters. The second kappa shape index (κ2) is 8.20. The summed E-state index contributed by atoms with van der Waals surface area (Å²) in [4.78, 5) is 10.9. The summed E-state index contributed by atoms with van der Waals surface area (Å²) in [5.74, 6) is 0.200. The molecule has 0 amide bonds. The molecule has 1 N–H and O–H groups in total. The van der Waals surface area contributed by atoms with Crippen LogP contribution in [0.3, 0.4) is 0 Å². The maximum absolute atomic E-state index is 10.9. The molecular weight excluding hydrogens is 308 g/mol. The SMILES string of the molecule is CCCCC(CC)COc1cc(C(=O)O)ccc1Br. The highest BCUT2D eigenvalue weighted by Gasteiger charge is 2.11. The average molecular weight is 329 g/mol. The third-order valence-electron chi connectivity index (χ3n) is 3.20. The molecule has 0 aliphatic heterocycles. The Bertz CT molecular complexity index is 418. The van der Waals surface area contributed by atoms with Gasteiger partial charge >= 0.3 is 5.97 Å². The molecule has 0 fully saturated rings. The number of rotatable bonds is 8. The van der Waals surface area contributed by atoms with E-state index in [1.54, 1.807) is 18.2 Å². The van der Waals surface area contributed by atoms with Crippen molar-refractivity contribution in [1.29, 1.82) is 0 Å². The number of unbranched alkanes of at least 4 members (excludes halogenated alkanes) is 1. The highest BCUT2D eigenvalue weighted by Crippen LogP contribution is 2.27. The number of halogens is 1. The van der Waals surface area contributed by atoms with Crippen LogP contribution < -0.4 is 4.74 Å². The summed E-state index contributed by atoms with van der Waals surface area (Å²) in [6.45, 7) is 4.98. The van der Waals surface area contributed by atoms with Gasteiger partial charge in [0.15, 0.2) is 0 Å². The van der Waals surface area contributed by atoms with Crippen molar-refractivity contribution in [3.8, 4) is 5.75 Å². The lowest BCUT2D eigenvalue weighted by atomic mass is 10.0. The minimum absolute atomic E-state index is 0.250. The van der Waals surface area contributed by atoms with Crippen molar-refractivity contribution in [2.75, 3.05) is 6.61 Å². The zero-order valence-corrected chi connectivity index (χ0v) is 13.1. The molecule has 0 aliphatic rings. The van der Waals surface area contributed by atoms with Crippen LogP contribution >= 0.6 is 15.9 Å². The fraction of sp³-hybridized carbons (Fsp3) is 0.533. The number of aromatic carboxylic acids is 1. The van der Waals surface area contributed by atoms with Crippen LogP contribution in [0.1, 0.15) is 49.9 Å². The normalized spacial score (nSPS) is 12.2. The lowest BCUT2D eigenvalue weighted by molar-refractivity contribution is 0.0696. The summed E-state index contributed by atoms with van der Waals surface area (Å²) in [7, 11) is 0. The Labute approximate surface area is 123 Å². The molecule has 19 heavy (non-hydrogen) atoms. The van der Waals surface area contributed by atoms with E-state index in [1.165, 1.54) is 12.8 Å². The zero-order chi connectivity index (χ0) is 14.3. The number of benzene rings is 1. The van der Waals surface area contributed by atoms with E-state index >= 15 is 0 Å². The Morgan fingerprint density at radius 3 is 2.74 bits per heavy atom. The largest absolute Gasteiger partial charge is 0.492 e. The van der Waals surface area contributed by atoms with Gasteiger partial charge in [-0.3, -0.25) is 0 Å². The molecule has 1 unspecified atom stereocenters. The van der Waals surface area contributed by atoms with Crippen LogP contribution in [0.25, 0.3) is 0 Å². The first-order valence-corrected chi connectivity index (χ1v) is 7.53. The van der Waals surface area contributed by atoms with Gasteiger partial charge in [-0.05, 0) is 46.5 Å². The molecule has 0 aliphatic carbocycles. The highest BCUT2D eigenvalue weighted by molar-refractivity contribution is 9.10. The summed E-state index contributed by atoms with van der Waals surface area (Å²) in [5.41, 5.74) is 0.250. The molecule has 1 aromatic carbocycles. The topological polar surface area (TPSA) is 46.5 Å². The Balaban J connectivity index is 2.65. The Morgan fingerprint density at radius 2 is 2.16 bits per heavy atom. The predicted molar refractivity (Wildman–Crippen MR) is 79.9 cm³/mol. The Kier molecular flexibility index (Phi) is 6.92. The Hall–Kier alpha value is -1.03. The molecule has 1 aromatic rings. The molecule has 0 heterocycles. The van der Waals surface area contributed by atoms with Crippen LogP contribution in [0.4, 0.5) is 0 Å². The number of hydrogen-bond donors (Lipinski definition) is 1. The van der Waals surface area contributed by atoms with Gasteiger partial charge in [0.25, 0.3) is 0 Å². The number of carboxylic acid groups (broad SMARTS) is 1. The first-order chi connectivity index (χ1) is 9.08. The van der Waals surface area contributed by atoms with Gasteiger partial charge in [-0.25, -0.2) is 4.79 Å².